The molecule has 0 aliphatic rings. The first kappa shape index (κ1) is 15.5. The van der Waals surface area contributed by atoms with Crippen LogP contribution in [-0.2, 0) is 14.6 Å². The Hall–Kier alpha value is -1.56. The number of nitrogens with two attached hydrogens (primary N) is 1. The van der Waals surface area contributed by atoms with E-state index in [1.807, 2.05) is 19.1 Å². The Balaban J connectivity index is 2.42. The van der Waals surface area contributed by atoms with Crippen molar-refractivity contribution in [3.63, 3.8) is 0 Å². The number of hydrogen-bond donors (Lipinski definition) is 2. The number of hydrogen-bond acceptors (Lipinski definition) is 4. The molecule has 0 aliphatic carbocycles. The molecule has 1 unspecified atom stereocenters. The summed E-state index contributed by atoms with van der Waals surface area (Å²) < 4.78 is 21.9. The summed E-state index contributed by atoms with van der Waals surface area (Å²) in [7, 11) is -3.03. The van der Waals surface area contributed by atoms with Crippen molar-refractivity contribution in [2.24, 2.45) is 0 Å². The molecule has 0 bridgehead atoms. The van der Waals surface area contributed by atoms with Crippen LogP contribution in [0.5, 0.6) is 0 Å². The highest BCUT2D eigenvalue weighted by atomic mass is 32.2. The number of rotatable bonds is 6. The lowest BCUT2D eigenvalue weighted by Crippen LogP contribution is -2.29. The number of nitrogen functional groups attached to an aromatic ring is 1. The lowest BCUT2D eigenvalue weighted by Gasteiger charge is -2.12. The van der Waals surface area contributed by atoms with E-state index in [0.29, 0.717) is 12.1 Å². The number of sulfone groups is 1. The zero-order valence-electron chi connectivity index (χ0n) is 11.2. The second-order valence-electron chi connectivity index (χ2n) is 4.75. The van der Waals surface area contributed by atoms with Crippen LogP contribution in [0.2, 0.25) is 0 Å². The Morgan fingerprint density at radius 3 is 2.42 bits per heavy atom. The Morgan fingerprint density at radius 2 is 1.89 bits per heavy atom. The third-order valence-electron chi connectivity index (χ3n) is 2.79. The van der Waals surface area contributed by atoms with Crippen molar-refractivity contribution in [2.75, 3.05) is 24.3 Å². The maximum absolute atomic E-state index is 11.6. The van der Waals surface area contributed by atoms with E-state index in [1.54, 1.807) is 12.1 Å². The normalized spacial score (nSPS) is 12.9. The average Bonchev–Trinajstić information content (AvgIpc) is 2.27. The maximum Gasteiger partial charge on any atom is 0.220 e. The monoisotopic (exact) mass is 284 g/mol. The van der Waals surface area contributed by atoms with Crippen molar-refractivity contribution in [3.8, 4) is 0 Å². The van der Waals surface area contributed by atoms with Gasteiger partial charge in [-0.15, -0.1) is 0 Å². The van der Waals surface area contributed by atoms with Crippen LogP contribution in [0.25, 0.3) is 0 Å². The van der Waals surface area contributed by atoms with Crippen molar-refractivity contribution in [1.29, 1.82) is 0 Å². The van der Waals surface area contributed by atoms with E-state index in [9.17, 15) is 13.2 Å². The van der Waals surface area contributed by atoms with Gasteiger partial charge in [-0.1, -0.05) is 19.1 Å². The van der Waals surface area contributed by atoms with Crippen molar-refractivity contribution in [1.82, 2.24) is 5.32 Å². The van der Waals surface area contributed by atoms with Crippen LogP contribution in [0, 0.1) is 0 Å². The minimum Gasteiger partial charge on any atom is -0.399 e. The maximum atomic E-state index is 11.6. The first-order chi connectivity index (χ1) is 8.78. The predicted molar refractivity (Wildman–Crippen MR) is 76.6 cm³/mol. The molecule has 0 spiro atoms. The van der Waals surface area contributed by atoms with E-state index in [4.69, 9.17) is 5.73 Å². The third-order valence-corrected chi connectivity index (χ3v) is 3.74. The van der Waals surface area contributed by atoms with Gasteiger partial charge in [-0.05, 0) is 23.6 Å². The summed E-state index contributed by atoms with van der Waals surface area (Å²) in [6.45, 7) is 2.10. The zero-order valence-corrected chi connectivity index (χ0v) is 12.0. The van der Waals surface area contributed by atoms with Crippen LogP contribution < -0.4 is 11.1 Å². The van der Waals surface area contributed by atoms with E-state index in [-0.39, 0.29) is 24.1 Å². The molecule has 1 rings (SSSR count). The SMILES string of the molecule is CC(CC(=O)NCCS(C)(=O)=O)c1ccc(N)cc1. The molecule has 0 fully saturated rings. The summed E-state index contributed by atoms with van der Waals surface area (Å²) in [5, 5.41) is 2.61. The van der Waals surface area contributed by atoms with Crippen LogP contribution in [-0.4, -0.2) is 32.9 Å². The average molecular weight is 284 g/mol. The van der Waals surface area contributed by atoms with Gasteiger partial charge in [0.25, 0.3) is 0 Å². The second kappa shape index (κ2) is 6.56. The number of carbonyl (C=O) groups is 1. The Bertz CT molecular complexity index is 523. The number of nitrogens with one attached hydrogen (secondary N) is 1. The molecular formula is C13H20N2O3S. The molecule has 0 saturated carbocycles. The van der Waals surface area contributed by atoms with E-state index >= 15 is 0 Å². The van der Waals surface area contributed by atoms with Crippen LogP contribution in [0.1, 0.15) is 24.8 Å². The molecule has 1 aromatic carbocycles. The van der Waals surface area contributed by atoms with Crippen LogP contribution in [0.15, 0.2) is 24.3 Å². The predicted octanol–water partition coefficient (Wildman–Crippen LogP) is 0.923. The van der Waals surface area contributed by atoms with Crippen molar-refractivity contribution in [3.05, 3.63) is 29.8 Å². The molecule has 3 N–H and O–H groups in total. The molecule has 0 heterocycles. The van der Waals surface area contributed by atoms with Gasteiger partial charge in [0.15, 0.2) is 0 Å². The van der Waals surface area contributed by atoms with Crippen molar-refractivity contribution < 1.29 is 13.2 Å². The lowest BCUT2D eigenvalue weighted by atomic mass is 9.97. The number of anilines is 1. The smallest absolute Gasteiger partial charge is 0.220 e. The Labute approximate surface area is 114 Å². The van der Waals surface area contributed by atoms with Gasteiger partial charge in [0.2, 0.25) is 5.91 Å². The quantitative estimate of drug-likeness (QED) is 0.760. The second-order valence-corrected chi connectivity index (χ2v) is 7.01. The van der Waals surface area contributed by atoms with Gasteiger partial charge in [-0.25, -0.2) is 8.42 Å². The van der Waals surface area contributed by atoms with Crippen molar-refractivity contribution in [2.45, 2.75) is 19.3 Å². The molecule has 1 aromatic rings. The molecule has 0 saturated heterocycles. The van der Waals surface area contributed by atoms with Gasteiger partial charge in [0, 0.05) is 24.9 Å². The lowest BCUT2D eigenvalue weighted by molar-refractivity contribution is -0.121. The minimum atomic E-state index is -3.03. The molecular weight excluding hydrogens is 264 g/mol. The van der Waals surface area contributed by atoms with Crippen LogP contribution >= 0.6 is 0 Å². The molecule has 1 amide bonds. The van der Waals surface area contributed by atoms with Gasteiger partial charge in [0.05, 0.1) is 5.75 Å². The van der Waals surface area contributed by atoms with Gasteiger partial charge >= 0.3 is 0 Å². The fraction of sp³-hybridized carbons (Fsp3) is 0.462. The van der Waals surface area contributed by atoms with E-state index in [1.165, 1.54) is 0 Å². The summed E-state index contributed by atoms with van der Waals surface area (Å²) in [4.78, 5) is 11.6. The van der Waals surface area contributed by atoms with E-state index < -0.39 is 9.84 Å². The Morgan fingerprint density at radius 1 is 1.32 bits per heavy atom. The van der Waals surface area contributed by atoms with E-state index in [0.717, 1.165) is 11.8 Å². The first-order valence-electron chi connectivity index (χ1n) is 6.08. The zero-order chi connectivity index (χ0) is 14.5. The first-order valence-corrected chi connectivity index (χ1v) is 8.14. The molecule has 1 atom stereocenters. The van der Waals surface area contributed by atoms with Gasteiger partial charge in [-0.2, -0.15) is 0 Å². The summed E-state index contributed by atoms with van der Waals surface area (Å²) in [6, 6.07) is 7.38. The topological polar surface area (TPSA) is 89.3 Å². The third kappa shape index (κ3) is 6.24. The van der Waals surface area contributed by atoms with E-state index in [2.05, 4.69) is 5.32 Å². The summed E-state index contributed by atoms with van der Waals surface area (Å²) in [5.74, 6) is -0.110. The van der Waals surface area contributed by atoms with Gasteiger partial charge < -0.3 is 11.1 Å². The fourth-order valence-corrected chi connectivity index (χ4v) is 2.14. The number of amides is 1. The van der Waals surface area contributed by atoms with Gasteiger partial charge in [0.1, 0.15) is 9.84 Å². The molecule has 0 aromatic heterocycles. The highest BCUT2D eigenvalue weighted by Gasteiger charge is 2.11. The highest BCUT2D eigenvalue weighted by molar-refractivity contribution is 7.90. The summed E-state index contributed by atoms with van der Waals surface area (Å²) in [6.07, 6.45) is 1.48. The largest absolute Gasteiger partial charge is 0.399 e. The summed E-state index contributed by atoms with van der Waals surface area (Å²) in [5.41, 5.74) is 7.32. The Kier molecular flexibility index (Phi) is 5.35. The fourth-order valence-electron chi connectivity index (χ4n) is 1.67. The molecule has 5 nitrogen and oxygen atoms in total. The molecule has 6 heteroatoms. The standard InChI is InChI=1S/C13H20N2O3S/c1-10(11-3-5-12(14)6-4-11)9-13(16)15-7-8-19(2,17)18/h3-6,10H,7-9,14H2,1-2H3,(H,15,16). The van der Waals surface area contributed by atoms with Gasteiger partial charge in [-0.3, -0.25) is 4.79 Å². The number of benzene rings is 1. The van der Waals surface area contributed by atoms with Crippen molar-refractivity contribution >= 4 is 21.4 Å². The highest BCUT2D eigenvalue weighted by Crippen LogP contribution is 2.19. The molecule has 0 aliphatic heterocycles. The number of carbonyl (C=O) groups excluding carboxylic acids is 1. The molecule has 0 radical (unpaired) electrons. The summed E-state index contributed by atoms with van der Waals surface area (Å²) >= 11 is 0. The minimum absolute atomic E-state index is 0.0327. The molecule has 106 valence electrons. The van der Waals surface area contributed by atoms with Crippen LogP contribution in [0.4, 0.5) is 5.69 Å². The molecule has 19 heavy (non-hydrogen) atoms. The van der Waals surface area contributed by atoms with Crippen LogP contribution in [0.3, 0.4) is 0 Å².